The molecular weight excluding hydrogens is 334 g/mol. The molecule has 5 heteroatoms. The third-order valence-corrected chi connectivity index (χ3v) is 4.81. The molecule has 0 spiro atoms. The normalized spacial score (nSPS) is 16.3. The average molecular weight is 352 g/mol. The van der Waals surface area contributed by atoms with E-state index in [0.717, 1.165) is 28.8 Å². The number of amides is 1. The molecule has 0 aliphatic carbocycles. The molecule has 3 aromatic rings. The predicted molar refractivity (Wildman–Crippen MR) is 98.6 cm³/mol. The maximum Gasteiger partial charge on any atom is 0.273 e. The van der Waals surface area contributed by atoms with Crippen molar-refractivity contribution in [2.24, 2.45) is 0 Å². The number of aromatic amines is 1. The molecule has 1 aliphatic rings. The number of halogens is 1. The molecule has 25 heavy (non-hydrogen) atoms. The third kappa shape index (κ3) is 2.63. The molecule has 1 atom stereocenters. The fraction of sp³-hybridized carbons (Fsp3) is 0.200. The van der Waals surface area contributed by atoms with E-state index >= 15 is 0 Å². The monoisotopic (exact) mass is 351 g/mol. The zero-order valence-corrected chi connectivity index (χ0v) is 14.6. The summed E-state index contributed by atoms with van der Waals surface area (Å²) in [4.78, 5) is 14.8. The number of hydrogen-bond donors (Lipinski definition) is 1. The number of hydrogen-bond acceptors (Lipinski definition) is 2. The lowest BCUT2D eigenvalue weighted by Gasteiger charge is -2.26. The molecular formula is C20H18ClN3O. The molecule has 2 aromatic carbocycles. The zero-order chi connectivity index (χ0) is 17.4. The van der Waals surface area contributed by atoms with E-state index in [0.29, 0.717) is 17.3 Å². The van der Waals surface area contributed by atoms with Gasteiger partial charge in [0.15, 0.2) is 0 Å². The summed E-state index contributed by atoms with van der Waals surface area (Å²) >= 11 is 6.05. The molecule has 0 saturated carbocycles. The van der Waals surface area contributed by atoms with E-state index in [2.05, 4.69) is 17.1 Å². The molecule has 2 heterocycles. The molecule has 0 bridgehead atoms. The summed E-state index contributed by atoms with van der Waals surface area (Å²) in [5.74, 6) is 0.00600. The van der Waals surface area contributed by atoms with Crippen LogP contribution in [0.25, 0.3) is 11.3 Å². The van der Waals surface area contributed by atoms with Gasteiger partial charge in [-0.25, -0.2) is 0 Å². The van der Waals surface area contributed by atoms with Crippen LogP contribution in [0.1, 0.15) is 41.0 Å². The summed E-state index contributed by atoms with van der Waals surface area (Å²) in [6, 6.07) is 17.5. The van der Waals surface area contributed by atoms with E-state index in [1.165, 1.54) is 0 Å². The minimum atomic E-state index is -0.145. The molecule has 0 radical (unpaired) electrons. The summed E-state index contributed by atoms with van der Waals surface area (Å²) < 4.78 is 0. The number of fused-ring (bicyclic) bond motifs is 1. The number of H-pyrrole nitrogens is 1. The van der Waals surface area contributed by atoms with E-state index in [1.807, 2.05) is 59.5 Å². The highest BCUT2D eigenvalue weighted by atomic mass is 35.5. The Morgan fingerprint density at radius 3 is 2.52 bits per heavy atom. The highest BCUT2D eigenvalue weighted by Gasteiger charge is 2.41. The first-order chi connectivity index (χ1) is 12.2. The molecule has 1 N–H and O–H groups in total. The van der Waals surface area contributed by atoms with Crippen molar-refractivity contribution in [1.29, 1.82) is 0 Å². The van der Waals surface area contributed by atoms with Crippen molar-refractivity contribution in [1.82, 2.24) is 15.1 Å². The number of nitrogens with one attached hydrogen (secondary N) is 1. The Balaban J connectivity index is 1.89. The standard InChI is InChI=1S/C20H18ClN3O/c1-2-12-24-19(14-8-10-15(21)11-9-14)16-17(13-6-4-3-5-7-13)22-23-18(16)20(24)25/h3-11,19H,2,12H2,1H3,(H,22,23). The second kappa shape index (κ2) is 6.37. The van der Waals surface area contributed by atoms with Gasteiger partial charge in [0.25, 0.3) is 5.91 Å². The quantitative estimate of drug-likeness (QED) is 0.741. The van der Waals surface area contributed by atoms with Crippen molar-refractivity contribution in [2.45, 2.75) is 19.4 Å². The van der Waals surface area contributed by atoms with Gasteiger partial charge in [-0.15, -0.1) is 0 Å². The van der Waals surface area contributed by atoms with Crippen LogP contribution >= 0.6 is 11.6 Å². The smallest absolute Gasteiger partial charge is 0.273 e. The van der Waals surface area contributed by atoms with E-state index < -0.39 is 0 Å². The lowest BCUT2D eigenvalue weighted by molar-refractivity contribution is 0.0744. The second-order valence-corrected chi connectivity index (χ2v) is 6.62. The number of carbonyl (C=O) groups is 1. The van der Waals surface area contributed by atoms with Crippen LogP contribution in [0.3, 0.4) is 0 Å². The Morgan fingerprint density at radius 2 is 1.84 bits per heavy atom. The fourth-order valence-electron chi connectivity index (χ4n) is 3.48. The Morgan fingerprint density at radius 1 is 1.12 bits per heavy atom. The fourth-order valence-corrected chi connectivity index (χ4v) is 3.60. The summed E-state index contributed by atoms with van der Waals surface area (Å²) in [6.07, 6.45) is 0.897. The van der Waals surface area contributed by atoms with Crippen LogP contribution in [0.5, 0.6) is 0 Å². The lowest BCUT2D eigenvalue weighted by atomic mass is 9.96. The molecule has 1 aliphatic heterocycles. The van der Waals surface area contributed by atoms with Gasteiger partial charge in [0.2, 0.25) is 0 Å². The minimum absolute atomic E-state index is 0.00600. The Hall–Kier alpha value is -2.59. The first-order valence-electron chi connectivity index (χ1n) is 8.40. The topological polar surface area (TPSA) is 49.0 Å². The summed E-state index contributed by atoms with van der Waals surface area (Å²) in [6.45, 7) is 2.78. The Bertz CT molecular complexity index is 902. The van der Waals surface area contributed by atoms with Crippen molar-refractivity contribution in [3.8, 4) is 11.3 Å². The molecule has 1 aromatic heterocycles. The van der Waals surface area contributed by atoms with Crippen LogP contribution in [0.15, 0.2) is 54.6 Å². The third-order valence-electron chi connectivity index (χ3n) is 4.56. The van der Waals surface area contributed by atoms with E-state index in [9.17, 15) is 4.79 Å². The summed E-state index contributed by atoms with van der Waals surface area (Å²) in [5, 5.41) is 8.10. The number of aromatic nitrogens is 2. The van der Waals surface area contributed by atoms with Crippen molar-refractivity contribution in [2.75, 3.05) is 6.54 Å². The van der Waals surface area contributed by atoms with Crippen LogP contribution in [-0.4, -0.2) is 27.5 Å². The number of carbonyl (C=O) groups excluding carboxylic acids is 1. The van der Waals surface area contributed by atoms with Gasteiger partial charge in [0, 0.05) is 22.7 Å². The summed E-state index contributed by atoms with van der Waals surface area (Å²) in [7, 11) is 0. The van der Waals surface area contributed by atoms with Gasteiger partial charge in [-0.1, -0.05) is 61.0 Å². The van der Waals surface area contributed by atoms with Crippen LogP contribution < -0.4 is 0 Å². The maximum absolute atomic E-state index is 12.9. The largest absolute Gasteiger partial charge is 0.326 e. The Labute approximate surface area is 151 Å². The molecule has 126 valence electrons. The molecule has 4 rings (SSSR count). The predicted octanol–water partition coefficient (Wildman–Crippen LogP) is 4.69. The van der Waals surface area contributed by atoms with Gasteiger partial charge < -0.3 is 4.90 Å². The van der Waals surface area contributed by atoms with Gasteiger partial charge in [-0.05, 0) is 24.1 Å². The number of rotatable bonds is 4. The minimum Gasteiger partial charge on any atom is -0.326 e. The Kier molecular flexibility index (Phi) is 4.06. The molecule has 1 amide bonds. The van der Waals surface area contributed by atoms with Crippen LogP contribution in [-0.2, 0) is 0 Å². The molecule has 4 nitrogen and oxygen atoms in total. The van der Waals surface area contributed by atoms with E-state index in [4.69, 9.17) is 11.6 Å². The van der Waals surface area contributed by atoms with E-state index in [1.54, 1.807) is 0 Å². The zero-order valence-electron chi connectivity index (χ0n) is 13.9. The maximum atomic E-state index is 12.9. The van der Waals surface area contributed by atoms with Crippen molar-refractivity contribution < 1.29 is 4.79 Å². The lowest BCUT2D eigenvalue weighted by Crippen LogP contribution is -2.30. The molecule has 0 fully saturated rings. The second-order valence-electron chi connectivity index (χ2n) is 6.18. The van der Waals surface area contributed by atoms with Crippen LogP contribution in [0.2, 0.25) is 5.02 Å². The van der Waals surface area contributed by atoms with Crippen molar-refractivity contribution >= 4 is 17.5 Å². The van der Waals surface area contributed by atoms with Crippen molar-refractivity contribution in [3.63, 3.8) is 0 Å². The number of benzene rings is 2. The average Bonchev–Trinajstić information content (AvgIpc) is 3.17. The van der Waals surface area contributed by atoms with Gasteiger partial charge in [-0.2, -0.15) is 5.10 Å². The molecule has 1 unspecified atom stereocenters. The van der Waals surface area contributed by atoms with Crippen LogP contribution in [0, 0.1) is 0 Å². The van der Waals surface area contributed by atoms with E-state index in [-0.39, 0.29) is 11.9 Å². The van der Waals surface area contributed by atoms with Gasteiger partial charge in [0.1, 0.15) is 5.69 Å². The molecule has 0 saturated heterocycles. The number of nitrogens with zero attached hydrogens (tertiary/aromatic N) is 2. The highest BCUT2D eigenvalue weighted by Crippen LogP contribution is 2.42. The van der Waals surface area contributed by atoms with Crippen LogP contribution in [0.4, 0.5) is 0 Å². The first kappa shape index (κ1) is 15.9. The SMILES string of the molecule is CCCN1C(=O)c2[nH]nc(-c3ccccc3)c2C1c1ccc(Cl)cc1. The van der Waals surface area contributed by atoms with Crippen molar-refractivity contribution in [3.05, 3.63) is 76.4 Å². The van der Waals surface area contributed by atoms with Gasteiger partial charge >= 0.3 is 0 Å². The highest BCUT2D eigenvalue weighted by molar-refractivity contribution is 6.30. The van der Waals surface area contributed by atoms with Gasteiger partial charge in [-0.3, -0.25) is 9.89 Å². The summed E-state index contributed by atoms with van der Waals surface area (Å²) in [5.41, 5.74) is 4.43. The van der Waals surface area contributed by atoms with Gasteiger partial charge in [0.05, 0.1) is 11.7 Å². The first-order valence-corrected chi connectivity index (χ1v) is 8.78.